The van der Waals surface area contributed by atoms with Gasteiger partial charge in [-0.2, -0.15) is 0 Å². The Hall–Kier alpha value is -1.97. The Morgan fingerprint density at radius 1 is 1.29 bits per heavy atom. The molecule has 4 heteroatoms. The topological polar surface area (TPSA) is 62.1 Å². The fraction of sp³-hybridized carbons (Fsp3) is 0.308. The maximum Gasteiger partial charge on any atom is 0.256 e. The van der Waals surface area contributed by atoms with Crippen molar-refractivity contribution in [3.63, 3.8) is 0 Å². The summed E-state index contributed by atoms with van der Waals surface area (Å²) in [6.45, 7) is 1.74. The van der Waals surface area contributed by atoms with Gasteiger partial charge in [-0.25, -0.2) is 0 Å². The van der Waals surface area contributed by atoms with Crippen LogP contribution in [0.25, 0.3) is 10.9 Å². The Morgan fingerprint density at radius 3 is 2.82 bits per heavy atom. The first kappa shape index (κ1) is 10.2. The Morgan fingerprint density at radius 2 is 2.06 bits per heavy atom. The molecule has 3 N–H and O–H groups in total. The molecular formula is C13H15N3O. The summed E-state index contributed by atoms with van der Waals surface area (Å²) in [4.78, 5) is 17.3. The van der Waals surface area contributed by atoms with Gasteiger partial charge < -0.3 is 15.6 Å². The zero-order chi connectivity index (χ0) is 11.8. The first-order valence-electron chi connectivity index (χ1n) is 5.91. The summed E-state index contributed by atoms with van der Waals surface area (Å²) in [6.07, 6.45) is 4.00. The van der Waals surface area contributed by atoms with E-state index in [1.165, 1.54) is 0 Å². The van der Waals surface area contributed by atoms with Crippen LogP contribution in [0.3, 0.4) is 0 Å². The minimum absolute atomic E-state index is 0.111. The van der Waals surface area contributed by atoms with E-state index in [2.05, 4.69) is 4.98 Å². The number of hydrogen-bond donors (Lipinski definition) is 2. The van der Waals surface area contributed by atoms with Crippen LogP contribution in [0.4, 0.5) is 5.69 Å². The maximum atomic E-state index is 12.3. The third-order valence-corrected chi connectivity index (χ3v) is 3.33. The van der Waals surface area contributed by atoms with Gasteiger partial charge in [0.15, 0.2) is 0 Å². The quantitative estimate of drug-likeness (QED) is 0.734. The van der Waals surface area contributed by atoms with Crippen LogP contribution in [0.15, 0.2) is 24.4 Å². The van der Waals surface area contributed by atoms with Crippen molar-refractivity contribution >= 4 is 22.5 Å². The molecule has 0 spiro atoms. The van der Waals surface area contributed by atoms with Gasteiger partial charge in [0.2, 0.25) is 0 Å². The summed E-state index contributed by atoms with van der Waals surface area (Å²) in [6, 6.07) is 5.60. The molecule has 0 bridgehead atoms. The van der Waals surface area contributed by atoms with Crippen molar-refractivity contribution in [2.75, 3.05) is 18.8 Å². The monoisotopic (exact) mass is 229 g/mol. The second-order valence-electron chi connectivity index (χ2n) is 4.51. The van der Waals surface area contributed by atoms with Crippen LogP contribution < -0.4 is 5.73 Å². The molecule has 1 aliphatic rings. The van der Waals surface area contributed by atoms with Gasteiger partial charge in [-0.15, -0.1) is 0 Å². The number of rotatable bonds is 1. The lowest BCUT2D eigenvalue weighted by molar-refractivity contribution is 0.0795. The number of fused-ring (bicyclic) bond motifs is 1. The van der Waals surface area contributed by atoms with Crippen LogP contribution in [0.1, 0.15) is 23.2 Å². The second-order valence-corrected chi connectivity index (χ2v) is 4.51. The molecule has 1 amide bonds. The Balaban J connectivity index is 2.04. The standard InChI is InChI=1S/C13H15N3O/c14-9-3-4-12-10(7-9)11(8-15-12)13(17)16-5-1-2-6-16/h3-4,7-8,15H,1-2,5-6,14H2. The van der Waals surface area contributed by atoms with Crippen molar-refractivity contribution in [3.8, 4) is 0 Å². The van der Waals surface area contributed by atoms with Gasteiger partial charge in [-0.1, -0.05) is 0 Å². The molecule has 2 heterocycles. The van der Waals surface area contributed by atoms with Crippen molar-refractivity contribution in [2.24, 2.45) is 0 Å². The molecule has 2 aromatic rings. The molecule has 1 saturated heterocycles. The molecule has 1 aromatic carbocycles. The van der Waals surface area contributed by atoms with Gasteiger partial charge in [0.25, 0.3) is 5.91 Å². The van der Waals surface area contributed by atoms with E-state index in [9.17, 15) is 4.79 Å². The number of anilines is 1. The number of carbonyl (C=O) groups is 1. The molecule has 1 fully saturated rings. The molecule has 0 saturated carbocycles. The third kappa shape index (κ3) is 1.65. The normalized spacial score (nSPS) is 15.6. The number of amides is 1. The van der Waals surface area contributed by atoms with Crippen molar-refractivity contribution in [1.29, 1.82) is 0 Å². The molecule has 1 aliphatic heterocycles. The van der Waals surface area contributed by atoms with Crippen molar-refractivity contribution in [2.45, 2.75) is 12.8 Å². The number of nitrogens with zero attached hydrogens (tertiary/aromatic N) is 1. The second kappa shape index (κ2) is 3.80. The minimum Gasteiger partial charge on any atom is -0.399 e. The molecule has 0 radical (unpaired) electrons. The maximum absolute atomic E-state index is 12.3. The van der Waals surface area contributed by atoms with Crippen LogP contribution in [0, 0.1) is 0 Å². The van der Waals surface area contributed by atoms with E-state index in [1.54, 1.807) is 6.20 Å². The lowest BCUT2D eigenvalue weighted by atomic mass is 10.1. The fourth-order valence-corrected chi connectivity index (χ4v) is 2.41. The average molecular weight is 229 g/mol. The van der Waals surface area contributed by atoms with Gasteiger partial charge in [0.1, 0.15) is 0 Å². The van der Waals surface area contributed by atoms with Gasteiger partial charge in [-0.3, -0.25) is 4.79 Å². The summed E-state index contributed by atoms with van der Waals surface area (Å²) in [5, 5.41) is 0.918. The van der Waals surface area contributed by atoms with Gasteiger partial charge in [-0.05, 0) is 31.0 Å². The van der Waals surface area contributed by atoms with Crippen LogP contribution in [0.5, 0.6) is 0 Å². The lowest BCUT2D eigenvalue weighted by Crippen LogP contribution is -2.27. The van der Waals surface area contributed by atoms with Crippen LogP contribution in [-0.2, 0) is 0 Å². The van der Waals surface area contributed by atoms with Gasteiger partial charge in [0.05, 0.1) is 5.56 Å². The number of nitrogens with one attached hydrogen (secondary N) is 1. The summed E-state index contributed by atoms with van der Waals surface area (Å²) in [5.74, 6) is 0.111. The highest BCUT2D eigenvalue weighted by molar-refractivity contribution is 6.07. The summed E-state index contributed by atoms with van der Waals surface area (Å²) >= 11 is 0. The zero-order valence-electron chi connectivity index (χ0n) is 9.57. The molecule has 3 rings (SSSR count). The van der Waals surface area contributed by atoms with E-state index in [4.69, 9.17) is 5.73 Å². The predicted octanol–water partition coefficient (Wildman–Crippen LogP) is 1.99. The highest BCUT2D eigenvalue weighted by Gasteiger charge is 2.21. The highest BCUT2D eigenvalue weighted by atomic mass is 16.2. The summed E-state index contributed by atoms with van der Waals surface area (Å²) < 4.78 is 0. The van der Waals surface area contributed by atoms with E-state index in [0.29, 0.717) is 5.69 Å². The smallest absolute Gasteiger partial charge is 0.256 e. The van der Waals surface area contributed by atoms with Crippen LogP contribution >= 0.6 is 0 Å². The number of benzene rings is 1. The number of nitrogen functional groups attached to an aromatic ring is 1. The lowest BCUT2D eigenvalue weighted by Gasteiger charge is -2.14. The van der Waals surface area contributed by atoms with Crippen molar-refractivity contribution in [3.05, 3.63) is 30.0 Å². The highest BCUT2D eigenvalue weighted by Crippen LogP contribution is 2.23. The SMILES string of the molecule is Nc1ccc2[nH]cc(C(=O)N3CCCC3)c2c1. The van der Waals surface area contributed by atoms with Crippen molar-refractivity contribution < 1.29 is 4.79 Å². The number of aromatic nitrogens is 1. The van der Waals surface area contributed by atoms with Crippen LogP contribution in [0.2, 0.25) is 0 Å². The van der Waals surface area contributed by atoms with Gasteiger partial charge in [0, 0.05) is 35.9 Å². The number of H-pyrrole nitrogens is 1. The largest absolute Gasteiger partial charge is 0.399 e. The molecule has 4 nitrogen and oxygen atoms in total. The third-order valence-electron chi connectivity index (χ3n) is 3.33. The Kier molecular flexibility index (Phi) is 2.28. The first-order chi connectivity index (χ1) is 8.25. The number of carbonyl (C=O) groups excluding carboxylic acids is 1. The molecule has 17 heavy (non-hydrogen) atoms. The van der Waals surface area contributed by atoms with Crippen molar-refractivity contribution in [1.82, 2.24) is 9.88 Å². The number of nitrogens with two attached hydrogens (primary N) is 1. The number of likely N-dealkylation sites (tertiary alicyclic amines) is 1. The average Bonchev–Trinajstić information content (AvgIpc) is 2.97. The predicted molar refractivity (Wildman–Crippen MR) is 67.8 cm³/mol. The summed E-state index contributed by atoms with van der Waals surface area (Å²) in [5.41, 5.74) is 8.15. The Bertz CT molecular complexity index is 567. The molecule has 88 valence electrons. The Labute approximate surface area is 99.4 Å². The number of hydrogen-bond acceptors (Lipinski definition) is 2. The summed E-state index contributed by atoms with van der Waals surface area (Å²) in [7, 11) is 0. The van der Waals surface area contributed by atoms with Gasteiger partial charge >= 0.3 is 0 Å². The molecule has 0 aliphatic carbocycles. The first-order valence-corrected chi connectivity index (χ1v) is 5.91. The van der Waals surface area contributed by atoms with E-state index in [-0.39, 0.29) is 5.91 Å². The minimum atomic E-state index is 0.111. The fourth-order valence-electron chi connectivity index (χ4n) is 2.41. The molecular weight excluding hydrogens is 214 g/mol. The van der Waals surface area contributed by atoms with Crippen LogP contribution in [-0.4, -0.2) is 28.9 Å². The molecule has 1 aromatic heterocycles. The number of aromatic amines is 1. The molecule has 0 atom stereocenters. The van der Waals surface area contributed by atoms with E-state index >= 15 is 0 Å². The zero-order valence-corrected chi connectivity index (χ0v) is 9.57. The molecule has 0 unspecified atom stereocenters. The van der Waals surface area contributed by atoms with E-state index in [0.717, 1.165) is 42.4 Å². The van der Waals surface area contributed by atoms with E-state index in [1.807, 2.05) is 23.1 Å². The van der Waals surface area contributed by atoms with E-state index < -0.39 is 0 Å².